The molecule has 3 aromatic rings. The molecule has 0 fully saturated rings. The quantitative estimate of drug-likeness (QED) is 0.370. The van der Waals surface area contributed by atoms with Crippen molar-refractivity contribution in [2.24, 2.45) is 0 Å². The Kier molecular flexibility index (Phi) is 7.94. The molecule has 2 heterocycles. The number of nitrogens with zero attached hydrogens (tertiary/aromatic N) is 3. The van der Waals surface area contributed by atoms with Gasteiger partial charge in [-0.15, -0.1) is 0 Å². The van der Waals surface area contributed by atoms with Crippen molar-refractivity contribution in [3.63, 3.8) is 0 Å². The van der Waals surface area contributed by atoms with Crippen molar-refractivity contribution < 1.29 is 4.79 Å². The number of anilines is 1. The molecule has 0 bridgehead atoms. The number of aromatic nitrogens is 3. The highest BCUT2D eigenvalue weighted by atomic mass is 32.2. The maximum atomic E-state index is 12.9. The van der Waals surface area contributed by atoms with Crippen molar-refractivity contribution in [2.75, 3.05) is 11.1 Å². The number of carbonyl (C=O) groups is 1. The first-order valence-electron chi connectivity index (χ1n) is 11.7. The van der Waals surface area contributed by atoms with Gasteiger partial charge in [-0.1, -0.05) is 43.3 Å². The molecule has 0 unspecified atom stereocenters. The second kappa shape index (κ2) is 11.3. The molecule has 0 atom stereocenters. The van der Waals surface area contributed by atoms with Crippen molar-refractivity contribution in [2.45, 2.75) is 63.4 Å². The van der Waals surface area contributed by atoms with Crippen LogP contribution in [0.5, 0.6) is 0 Å². The Morgan fingerprint density at radius 1 is 1.12 bits per heavy atom. The number of benzene rings is 1. The molecular weight excluding hydrogens is 432 g/mol. The van der Waals surface area contributed by atoms with Crippen LogP contribution in [0.4, 0.5) is 5.69 Å². The van der Waals surface area contributed by atoms with Gasteiger partial charge in [0.1, 0.15) is 5.03 Å². The van der Waals surface area contributed by atoms with Crippen molar-refractivity contribution in [3.8, 4) is 0 Å². The largest absolute Gasteiger partial charge is 0.349 e. The van der Waals surface area contributed by atoms with E-state index in [1.165, 1.54) is 30.2 Å². The Bertz CT molecular complexity index is 1140. The van der Waals surface area contributed by atoms with Gasteiger partial charge in [0, 0.05) is 23.1 Å². The molecule has 1 aliphatic rings. The standard InChI is InChI=1S/C26H30N4O2S/c1-2-3-8-19-12-14-20(15-13-19)28-24(31)18-33-25-22-10-4-5-11-23(22)30(26(32)29-25)17-21-9-6-7-16-27-21/h6-7,9,12-16H,2-5,8,10-11,17-18H2,1H3,(H,28,31). The lowest BCUT2D eigenvalue weighted by atomic mass is 9.97. The fraction of sp³-hybridized carbons (Fsp3) is 0.385. The summed E-state index contributed by atoms with van der Waals surface area (Å²) < 4.78 is 1.75. The van der Waals surface area contributed by atoms with Crippen LogP contribution in [0.25, 0.3) is 0 Å². The lowest BCUT2D eigenvalue weighted by Gasteiger charge is -2.22. The highest BCUT2D eigenvalue weighted by molar-refractivity contribution is 8.00. The van der Waals surface area contributed by atoms with E-state index in [0.717, 1.165) is 54.7 Å². The number of unbranched alkanes of at least 4 members (excludes halogenated alkanes) is 1. The Morgan fingerprint density at radius 2 is 1.94 bits per heavy atom. The number of hydrogen-bond acceptors (Lipinski definition) is 5. The summed E-state index contributed by atoms with van der Waals surface area (Å²) in [5.74, 6) is 0.131. The molecule has 6 nitrogen and oxygen atoms in total. The molecule has 1 N–H and O–H groups in total. The molecule has 0 radical (unpaired) electrons. The first-order chi connectivity index (χ1) is 16.1. The summed E-state index contributed by atoms with van der Waals surface area (Å²) in [4.78, 5) is 34.1. The van der Waals surface area contributed by atoms with E-state index >= 15 is 0 Å². The fourth-order valence-corrected chi connectivity index (χ4v) is 5.03. The summed E-state index contributed by atoms with van der Waals surface area (Å²) in [6, 6.07) is 13.7. The number of amides is 1. The van der Waals surface area contributed by atoms with Gasteiger partial charge in [0.25, 0.3) is 0 Å². The van der Waals surface area contributed by atoms with E-state index in [-0.39, 0.29) is 17.3 Å². The molecule has 0 saturated carbocycles. The van der Waals surface area contributed by atoms with Gasteiger partial charge >= 0.3 is 5.69 Å². The van der Waals surface area contributed by atoms with E-state index in [2.05, 4.69) is 34.3 Å². The molecule has 0 spiro atoms. The van der Waals surface area contributed by atoms with Gasteiger partial charge in [-0.05, 0) is 68.4 Å². The molecule has 1 aromatic carbocycles. The Morgan fingerprint density at radius 3 is 2.70 bits per heavy atom. The van der Waals surface area contributed by atoms with Gasteiger partial charge in [0.05, 0.1) is 18.0 Å². The second-order valence-corrected chi connectivity index (χ2v) is 9.34. The Labute approximate surface area is 198 Å². The van der Waals surface area contributed by atoms with Crippen LogP contribution in [0.1, 0.15) is 55.1 Å². The van der Waals surface area contributed by atoms with Crippen molar-refractivity contribution in [1.29, 1.82) is 0 Å². The predicted molar refractivity (Wildman–Crippen MR) is 133 cm³/mol. The molecule has 2 aromatic heterocycles. The number of aryl methyl sites for hydroxylation is 1. The topological polar surface area (TPSA) is 76.9 Å². The minimum Gasteiger partial charge on any atom is -0.325 e. The summed E-state index contributed by atoms with van der Waals surface area (Å²) in [6.07, 6.45) is 8.99. The number of thioether (sulfide) groups is 1. The first kappa shape index (κ1) is 23.2. The molecule has 172 valence electrons. The third-order valence-corrected chi connectivity index (χ3v) is 6.91. The number of fused-ring (bicyclic) bond motifs is 1. The van der Waals surface area contributed by atoms with Crippen LogP contribution in [-0.2, 0) is 30.6 Å². The summed E-state index contributed by atoms with van der Waals surface area (Å²) >= 11 is 1.35. The number of carbonyl (C=O) groups excluding carboxylic acids is 1. The highest BCUT2D eigenvalue weighted by Gasteiger charge is 2.21. The SMILES string of the molecule is CCCCc1ccc(NC(=O)CSc2nc(=O)n(Cc3ccccn3)c3c2CCCC3)cc1. The number of hydrogen-bond donors (Lipinski definition) is 1. The monoisotopic (exact) mass is 462 g/mol. The van der Waals surface area contributed by atoms with Crippen molar-refractivity contribution >= 4 is 23.4 Å². The molecule has 1 aliphatic carbocycles. The van der Waals surface area contributed by atoms with Gasteiger partial charge in [0.2, 0.25) is 5.91 Å². The highest BCUT2D eigenvalue weighted by Crippen LogP contribution is 2.28. The molecule has 4 rings (SSSR count). The van der Waals surface area contributed by atoms with Crippen LogP contribution < -0.4 is 11.0 Å². The summed E-state index contributed by atoms with van der Waals surface area (Å²) in [5, 5.41) is 3.65. The van der Waals surface area contributed by atoms with Gasteiger partial charge in [-0.2, -0.15) is 4.98 Å². The zero-order valence-electron chi connectivity index (χ0n) is 19.0. The summed E-state index contributed by atoms with van der Waals surface area (Å²) in [7, 11) is 0. The molecule has 7 heteroatoms. The first-order valence-corrected chi connectivity index (χ1v) is 12.7. The van der Waals surface area contributed by atoms with Crippen LogP contribution in [-0.4, -0.2) is 26.2 Å². The van der Waals surface area contributed by atoms with Crippen LogP contribution in [0, 0.1) is 0 Å². The van der Waals surface area contributed by atoms with E-state index in [4.69, 9.17) is 0 Å². The van der Waals surface area contributed by atoms with E-state index < -0.39 is 0 Å². The average Bonchev–Trinajstić information content (AvgIpc) is 2.85. The molecular formula is C26H30N4O2S. The van der Waals surface area contributed by atoms with Gasteiger partial charge < -0.3 is 5.32 Å². The number of nitrogens with one attached hydrogen (secondary N) is 1. The van der Waals surface area contributed by atoms with Crippen LogP contribution in [0.15, 0.2) is 58.5 Å². The molecule has 0 saturated heterocycles. The zero-order valence-corrected chi connectivity index (χ0v) is 19.9. The van der Waals surface area contributed by atoms with E-state index in [0.29, 0.717) is 11.6 Å². The fourth-order valence-electron chi connectivity index (χ4n) is 4.15. The lowest BCUT2D eigenvalue weighted by molar-refractivity contribution is -0.113. The number of pyridine rings is 1. The minimum atomic E-state index is -0.271. The number of rotatable bonds is 9. The third kappa shape index (κ3) is 6.11. The van der Waals surface area contributed by atoms with E-state index in [9.17, 15) is 9.59 Å². The van der Waals surface area contributed by atoms with Gasteiger partial charge in [-0.25, -0.2) is 4.79 Å². The molecule has 33 heavy (non-hydrogen) atoms. The zero-order chi connectivity index (χ0) is 23.0. The lowest BCUT2D eigenvalue weighted by Crippen LogP contribution is -2.31. The van der Waals surface area contributed by atoms with Gasteiger partial charge in [0.15, 0.2) is 0 Å². The minimum absolute atomic E-state index is 0.0923. The Balaban J connectivity index is 1.44. The van der Waals surface area contributed by atoms with Crippen molar-refractivity contribution in [3.05, 3.63) is 81.7 Å². The summed E-state index contributed by atoms with van der Waals surface area (Å²) in [6.45, 7) is 2.61. The van der Waals surface area contributed by atoms with E-state index in [1.54, 1.807) is 10.8 Å². The normalized spacial score (nSPS) is 12.9. The second-order valence-electron chi connectivity index (χ2n) is 8.38. The van der Waals surface area contributed by atoms with E-state index in [1.807, 2.05) is 30.3 Å². The van der Waals surface area contributed by atoms with Crippen LogP contribution in [0.3, 0.4) is 0 Å². The summed E-state index contributed by atoms with van der Waals surface area (Å²) in [5.41, 5.74) is 4.79. The Hall–Kier alpha value is -2.93. The predicted octanol–water partition coefficient (Wildman–Crippen LogP) is 4.64. The third-order valence-electron chi connectivity index (χ3n) is 5.89. The molecule has 0 aliphatic heterocycles. The van der Waals surface area contributed by atoms with Crippen LogP contribution in [0.2, 0.25) is 0 Å². The van der Waals surface area contributed by atoms with Gasteiger partial charge in [-0.3, -0.25) is 14.3 Å². The maximum absolute atomic E-state index is 12.9. The maximum Gasteiger partial charge on any atom is 0.349 e. The smallest absolute Gasteiger partial charge is 0.325 e. The molecule has 1 amide bonds. The van der Waals surface area contributed by atoms with Crippen LogP contribution >= 0.6 is 11.8 Å². The van der Waals surface area contributed by atoms with Crippen molar-refractivity contribution in [1.82, 2.24) is 14.5 Å². The average molecular weight is 463 g/mol.